The van der Waals surface area contributed by atoms with Crippen molar-refractivity contribution in [2.24, 2.45) is 0 Å². The third kappa shape index (κ3) is 7.22. The molecule has 0 heterocycles. The van der Waals surface area contributed by atoms with E-state index in [2.05, 4.69) is 6.92 Å². The van der Waals surface area contributed by atoms with Crippen molar-refractivity contribution >= 4 is 17.7 Å². The smallest absolute Gasteiger partial charge is 0.330 e. The molecule has 0 atom stereocenters. The maximum Gasteiger partial charge on any atom is 0.330 e. The van der Waals surface area contributed by atoms with Crippen LogP contribution in [0, 0.1) is 10.1 Å². The first-order chi connectivity index (χ1) is 10.1. The van der Waals surface area contributed by atoms with Crippen LogP contribution in [0.4, 0.5) is 5.69 Å². The number of esters is 1. The van der Waals surface area contributed by atoms with Crippen LogP contribution in [0.3, 0.4) is 0 Å². The van der Waals surface area contributed by atoms with E-state index in [9.17, 15) is 14.9 Å². The SMILES string of the molecule is CCCCOCCOC(=O)C=Cc1cccc([N+](=O)[O-])c1. The molecule has 0 aromatic heterocycles. The third-order valence-corrected chi connectivity index (χ3v) is 2.61. The Bertz CT molecular complexity index is 499. The fraction of sp³-hybridized carbons (Fsp3) is 0.400. The zero-order valence-corrected chi connectivity index (χ0v) is 12.0. The Morgan fingerprint density at radius 1 is 1.33 bits per heavy atom. The molecule has 6 heteroatoms. The van der Waals surface area contributed by atoms with Crippen LogP contribution in [0.15, 0.2) is 30.3 Å². The minimum absolute atomic E-state index is 0.0187. The molecule has 0 saturated carbocycles. The van der Waals surface area contributed by atoms with Crippen molar-refractivity contribution in [2.75, 3.05) is 19.8 Å². The summed E-state index contributed by atoms with van der Waals surface area (Å²) in [7, 11) is 0. The lowest BCUT2D eigenvalue weighted by Crippen LogP contribution is -2.09. The van der Waals surface area contributed by atoms with Crippen LogP contribution in [0.5, 0.6) is 0 Å². The lowest BCUT2D eigenvalue weighted by atomic mass is 10.2. The highest BCUT2D eigenvalue weighted by molar-refractivity contribution is 5.87. The van der Waals surface area contributed by atoms with Gasteiger partial charge in [0.15, 0.2) is 0 Å². The van der Waals surface area contributed by atoms with Gasteiger partial charge in [0.1, 0.15) is 6.61 Å². The van der Waals surface area contributed by atoms with Gasteiger partial charge < -0.3 is 9.47 Å². The van der Waals surface area contributed by atoms with Gasteiger partial charge in [-0.15, -0.1) is 0 Å². The van der Waals surface area contributed by atoms with Crippen molar-refractivity contribution in [1.82, 2.24) is 0 Å². The zero-order chi connectivity index (χ0) is 15.5. The van der Waals surface area contributed by atoms with Gasteiger partial charge in [0.25, 0.3) is 5.69 Å². The molecular formula is C15H19NO5. The van der Waals surface area contributed by atoms with Crippen molar-refractivity contribution in [3.05, 3.63) is 46.0 Å². The van der Waals surface area contributed by atoms with E-state index in [0.717, 1.165) is 12.8 Å². The highest BCUT2D eigenvalue weighted by Gasteiger charge is 2.04. The molecule has 0 spiro atoms. The molecule has 0 bridgehead atoms. The first-order valence-corrected chi connectivity index (χ1v) is 6.80. The Morgan fingerprint density at radius 3 is 2.86 bits per heavy atom. The topological polar surface area (TPSA) is 78.7 Å². The van der Waals surface area contributed by atoms with E-state index in [1.807, 2.05) is 0 Å². The first-order valence-electron chi connectivity index (χ1n) is 6.80. The maximum atomic E-state index is 11.4. The molecule has 0 fully saturated rings. The number of hydrogen-bond acceptors (Lipinski definition) is 5. The quantitative estimate of drug-likeness (QED) is 0.230. The molecule has 0 saturated heterocycles. The molecule has 114 valence electrons. The summed E-state index contributed by atoms with van der Waals surface area (Å²) in [6.45, 7) is 3.30. The predicted octanol–water partition coefficient (Wildman–Crippen LogP) is 2.97. The first kappa shape index (κ1) is 16.8. The number of carbonyl (C=O) groups excluding carboxylic acids is 1. The molecule has 1 aromatic carbocycles. The van der Waals surface area contributed by atoms with Gasteiger partial charge in [-0.25, -0.2) is 4.79 Å². The molecule has 0 N–H and O–H groups in total. The van der Waals surface area contributed by atoms with Crippen LogP contribution in [0.2, 0.25) is 0 Å². The van der Waals surface area contributed by atoms with Crippen molar-refractivity contribution in [1.29, 1.82) is 0 Å². The van der Waals surface area contributed by atoms with Crippen LogP contribution in [-0.4, -0.2) is 30.7 Å². The van der Waals surface area contributed by atoms with Crippen LogP contribution < -0.4 is 0 Å². The molecule has 0 radical (unpaired) electrons. The average molecular weight is 293 g/mol. The number of nitro groups is 1. The van der Waals surface area contributed by atoms with E-state index in [0.29, 0.717) is 18.8 Å². The molecule has 0 amide bonds. The lowest BCUT2D eigenvalue weighted by Gasteiger charge is -2.03. The summed E-state index contributed by atoms with van der Waals surface area (Å²) < 4.78 is 10.2. The summed E-state index contributed by atoms with van der Waals surface area (Å²) in [5.41, 5.74) is 0.551. The summed E-state index contributed by atoms with van der Waals surface area (Å²) in [5.74, 6) is -0.499. The van der Waals surface area contributed by atoms with E-state index < -0.39 is 10.9 Å². The summed E-state index contributed by atoms with van der Waals surface area (Å²) in [5, 5.41) is 10.6. The van der Waals surface area contributed by atoms with Crippen LogP contribution in [0.25, 0.3) is 6.08 Å². The molecule has 0 aliphatic heterocycles. The van der Waals surface area contributed by atoms with E-state index >= 15 is 0 Å². The van der Waals surface area contributed by atoms with Crippen molar-refractivity contribution < 1.29 is 19.2 Å². The van der Waals surface area contributed by atoms with Gasteiger partial charge in [0.05, 0.1) is 11.5 Å². The van der Waals surface area contributed by atoms with Crippen LogP contribution >= 0.6 is 0 Å². The average Bonchev–Trinajstić information content (AvgIpc) is 2.49. The van der Waals surface area contributed by atoms with Crippen molar-refractivity contribution in [2.45, 2.75) is 19.8 Å². The Labute approximate surface area is 123 Å². The summed E-state index contributed by atoms with van der Waals surface area (Å²) in [6, 6.07) is 6.01. The van der Waals surface area contributed by atoms with Crippen molar-refractivity contribution in [3.63, 3.8) is 0 Å². The van der Waals surface area contributed by atoms with Gasteiger partial charge in [-0.05, 0) is 18.1 Å². The fourth-order valence-corrected chi connectivity index (χ4v) is 1.50. The molecule has 21 heavy (non-hydrogen) atoms. The number of benzene rings is 1. The molecule has 1 rings (SSSR count). The van der Waals surface area contributed by atoms with Crippen molar-refractivity contribution in [3.8, 4) is 0 Å². The summed E-state index contributed by atoms with van der Waals surface area (Å²) in [6.07, 6.45) is 4.77. The van der Waals surface area contributed by atoms with Gasteiger partial charge in [-0.2, -0.15) is 0 Å². The van der Waals surface area contributed by atoms with E-state index in [4.69, 9.17) is 9.47 Å². The highest BCUT2D eigenvalue weighted by Crippen LogP contribution is 2.14. The molecular weight excluding hydrogens is 274 g/mol. The number of nitrogens with zero attached hydrogens (tertiary/aromatic N) is 1. The Kier molecular flexibility index (Phi) is 7.74. The molecule has 0 aliphatic rings. The maximum absolute atomic E-state index is 11.4. The Hall–Kier alpha value is -2.21. The molecule has 0 aliphatic carbocycles. The Balaban J connectivity index is 2.33. The second-order valence-electron chi connectivity index (χ2n) is 4.32. The second kappa shape index (κ2) is 9.66. The lowest BCUT2D eigenvalue weighted by molar-refractivity contribution is -0.384. The van der Waals surface area contributed by atoms with Gasteiger partial charge in [0, 0.05) is 24.8 Å². The zero-order valence-electron chi connectivity index (χ0n) is 12.0. The minimum Gasteiger partial charge on any atom is -0.460 e. The largest absolute Gasteiger partial charge is 0.460 e. The van der Waals surface area contributed by atoms with Gasteiger partial charge in [0.2, 0.25) is 0 Å². The predicted molar refractivity (Wildman–Crippen MR) is 78.8 cm³/mol. The van der Waals surface area contributed by atoms with E-state index in [1.54, 1.807) is 12.1 Å². The van der Waals surface area contributed by atoms with Gasteiger partial charge in [-0.3, -0.25) is 10.1 Å². The van der Waals surface area contributed by atoms with Gasteiger partial charge >= 0.3 is 5.97 Å². The molecule has 6 nitrogen and oxygen atoms in total. The monoisotopic (exact) mass is 293 g/mol. The highest BCUT2D eigenvalue weighted by atomic mass is 16.6. The van der Waals surface area contributed by atoms with Crippen LogP contribution in [0.1, 0.15) is 25.3 Å². The standard InChI is InChI=1S/C15H19NO5/c1-2-3-9-20-10-11-21-15(17)8-7-13-5-4-6-14(12-13)16(18)19/h4-8,12H,2-3,9-11H2,1H3. The fourth-order valence-electron chi connectivity index (χ4n) is 1.50. The normalized spacial score (nSPS) is 10.7. The number of carbonyl (C=O) groups is 1. The summed E-state index contributed by atoms with van der Waals surface area (Å²) in [4.78, 5) is 21.6. The number of unbranched alkanes of at least 4 members (excludes halogenated alkanes) is 1. The molecule has 1 aromatic rings. The van der Waals surface area contributed by atoms with Gasteiger partial charge in [-0.1, -0.05) is 25.5 Å². The summed E-state index contributed by atoms with van der Waals surface area (Å²) >= 11 is 0. The number of ether oxygens (including phenoxy) is 2. The van der Waals surface area contributed by atoms with E-state index in [1.165, 1.54) is 24.3 Å². The number of nitro benzene ring substituents is 1. The second-order valence-corrected chi connectivity index (χ2v) is 4.32. The minimum atomic E-state index is -0.499. The Morgan fingerprint density at radius 2 is 2.14 bits per heavy atom. The third-order valence-electron chi connectivity index (χ3n) is 2.61. The number of non-ortho nitro benzene ring substituents is 1. The molecule has 0 unspecified atom stereocenters. The van der Waals surface area contributed by atoms with E-state index in [-0.39, 0.29) is 12.3 Å². The van der Waals surface area contributed by atoms with Crippen LogP contribution in [-0.2, 0) is 14.3 Å². The number of hydrogen-bond donors (Lipinski definition) is 0. The number of rotatable bonds is 9.